The van der Waals surface area contributed by atoms with Gasteiger partial charge in [-0.05, 0) is 12.8 Å². The predicted molar refractivity (Wildman–Crippen MR) is 80.3 cm³/mol. The van der Waals surface area contributed by atoms with Crippen LogP contribution in [0.15, 0.2) is 0 Å². The molecule has 1 fully saturated rings. The van der Waals surface area contributed by atoms with Gasteiger partial charge in [-0.1, -0.05) is 26.7 Å². The lowest BCUT2D eigenvalue weighted by Crippen LogP contribution is -2.60. The number of urea groups is 1. The van der Waals surface area contributed by atoms with E-state index >= 15 is 0 Å². The first kappa shape index (κ1) is 17.8. The van der Waals surface area contributed by atoms with Crippen LogP contribution in [0.5, 0.6) is 0 Å². The summed E-state index contributed by atoms with van der Waals surface area (Å²) >= 11 is 0. The summed E-state index contributed by atoms with van der Waals surface area (Å²) in [5.41, 5.74) is -1.18. The molecule has 0 spiro atoms. The van der Waals surface area contributed by atoms with Crippen molar-refractivity contribution in [2.75, 3.05) is 26.3 Å². The fourth-order valence-corrected chi connectivity index (χ4v) is 2.61. The molecule has 0 unspecified atom stereocenters. The molecule has 0 aromatic rings. The van der Waals surface area contributed by atoms with E-state index in [-0.39, 0.29) is 6.03 Å². The molecule has 0 aromatic heterocycles. The van der Waals surface area contributed by atoms with E-state index in [9.17, 15) is 14.7 Å². The van der Waals surface area contributed by atoms with Gasteiger partial charge in [-0.15, -0.1) is 0 Å². The maximum Gasteiger partial charge on any atom is 0.329 e. The minimum atomic E-state index is -1.18. The third kappa shape index (κ3) is 4.59. The molecule has 21 heavy (non-hydrogen) atoms. The Morgan fingerprint density at radius 3 is 2.24 bits per heavy atom. The number of carbonyl (C=O) groups excluding carboxylic acids is 1. The Balaban J connectivity index is 2.72. The minimum absolute atomic E-state index is 0.284. The van der Waals surface area contributed by atoms with Crippen LogP contribution in [0.2, 0.25) is 0 Å². The van der Waals surface area contributed by atoms with Gasteiger partial charge in [-0.2, -0.15) is 0 Å². The van der Waals surface area contributed by atoms with Crippen molar-refractivity contribution in [3.8, 4) is 0 Å². The van der Waals surface area contributed by atoms with Crippen molar-refractivity contribution in [2.24, 2.45) is 5.92 Å². The zero-order valence-electron chi connectivity index (χ0n) is 13.4. The Morgan fingerprint density at radius 1 is 1.24 bits per heavy atom. The Kier molecular flexibility index (Phi) is 6.95. The highest BCUT2D eigenvalue weighted by molar-refractivity contribution is 5.86. The molecule has 1 aliphatic rings. The molecular formula is C15H28N2O4. The summed E-state index contributed by atoms with van der Waals surface area (Å²) in [4.78, 5) is 25.7. The molecule has 1 heterocycles. The molecule has 6 heteroatoms. The smallest absolute Gasteiger partial charge is 0.329 e. The van der Waals surface area contributed by atoms with Gasteiger partial charge in [0.2, 0.25) is 0 Å². The van der Waals surface area contributed by atoms with Crippen LogP contribution in [-0.4, -0.2) is 53.8 Å². The van der Waals surface area contributed by atoms with Gasteiger partial charge in [0.1, 0.15) is 5.54 Å². The van der Waals surface area contributed by atoms with E-state index < -0.39 is 11.5 Å². The number of carbonyl (C=O) groups is 2. The highest BCUT2D eigenvalue weighted by Crippen LogP contribution is 2.22. The van der Waals surface area contributed by atoms with Crippen LogP contribution in [0.1, 0.15) is 46.5 Å². The summed E-state index contributed by atoms with van der Waals surface area (Å²) in [6.07, 6.45) is 2.66. The van der Waals surface area contributed by atoms with E-state index in [1.807, 2.05) is 6.92 Å². The second kappa shape index (κ2) is 8.22. The van der Waals surface area contributed by atoms with Crippen molar-refractivity contribution in [3.63, 3.8) is 0 Å². The fourth-order valence-electron chi connectivity index (χ4n) is 2.61. The number of rotatable bonds is 7. The van der Waals surface area contributed by atoms with Crippen LogP contribution in [0.3, 0.4) is 0 Å². The van der Waals surface area contributed by atoms with Gasteiger partial charge in [0, 0.05) is 39.1 Å². The topological polar surface area (TPSA) is 78.9 Å². The van der Waals surface area contributed by atoms with Crippen LogP contribution in [0, 0.1) is 5.92 Å². The summed E-state index contributed by atoms with van der Waals surface area (Å²) in [7, 11) is 0. The minimum Gasteiger partial charge on any atom is -0.480 e. The highest BCUT2D eigenvalue weighted by atomic mass is 16.5. The van der Waals surface area contributed by atoms with Gasteiger partial charge in [0.05, 0.1) is 0 Å². The molecular weight excluding hydrogens is 272 g/mol. The number of aliphatic carboxylic acids is 1. The molecule has 0 bridgehead atoms. The molecule has 122 valence electrons. The van der Waals surface area contributed by atoms with Crippen molar-refractivity contribution in [1.29, 1.82) is 0 Å². The average Bonchev–Trinajstić information content (AvgIpc) is 2.49. The SMILES string of the molecule is CCC(CC)CN(CC)C(=O)NC1(C(=O)O)CCOCC1. The molecule has 0 aliphatic carbocycles. The summed E-state index contributed by atoms with van der Waals surface area (Å²) < 4.78 is 5.21. The largest absolute Gasteiger partial charge is 0.480 e. The number of nitrogens with one attached hydrogen (secondary N) is 1. The third-order valence-corrected chi connectivity index (χ3v) is 4.40. The number of carboxylic acid groups (broad SMARTS) is 1. The van der Waals surface area contributed by atoms with Crippen molar-refractivity contribution in [2.45, 2.75) is 52.0 Å². The van der Waals surface area contributed by atoms with Crippen LogP contribution in [0.25, 0.3) is 0 Å². The second-order valence-corrected chi connectivity index (χ2v) is 5.65. The molecule has 2 amide bonds. The van der Waals surface area contributed by atoms with Crippen LogP contribution in [0.4, 0.5) is 4.79 Å². The Morgan fingerprint density at radius 2 is 1.81 bits per heavy atom. The van der Waals surface area contributed by atoms with Crippen LogP contribution < -0.4 is 5.32 Å². The van der Waals surface area contributed by atoms with E-state index in [2.05, 4.69) is 19.2 Å². The monoisotopic (exact) mass is 300 g/mol. The van der Waals surface area contributed by atoms with Gasteiger partial charge >= 0.3 is 12.0 Å². The van der Waals surface area contributed by atoms with Gasteiger partial charge in [-0.25, -0.2) is 9.59 Å². The van der Waals surface area contributed by atoms with Gasteiger partial charge < -0.3 is 20.1 Å². The lowest BCUT2D eigenvalue weighted by molar-refractivity contribution is -0.148. The maximum atomic E-state index is 12.4. The number of hydrogen-bond acceptors (Lipinski definition) is 3. The second-order valence-electron chi connectivity index (χ2n) is 5.65. The van der Waals surface area contributed by atoms with Crippen LogP contribution >= 0.6 is 0 Å². The summed E-state index contributed by atoms with van der Waals surface area (Å²) in [5.74, 6) is -0.524. The highest BCUT2D eigenvalue weighted by Gasteiger charge is 2.42. The number of carboxylic acids is 1. The molecule has 0 atom stereocenters. The number of hydrogen-bond donors (Lipinski definition) is 2. The van der Waals surface area contributed by atoms with Crippen molar-refractivity contribution in [1.82, 2.24) is 10.2 Å². The molecule has 1 saturated heterocycles. The van der Waals surface area contributed by atoms with Gasteiger partial charge in [0.25, 0.3) is 0 Å². The lowest BCUT2D eigenvalue weighted by atomic mass is 9.90. The molecule has 6 nitrogen and oxygen atoms in total. The number of amides is 2. The summed E-state index contributed by atoms with van der Waals surface area (Å²) in [6, 6.07) is -0.284. The number of ether oxygens (including phenoxy) is 1. The first-order valence-corrected chi connectivity index (χ1v) is 7.87. The summed E-state index contributed by atoms with van der Waals surface area (Å²) in [6.45, 7) is 8.11. The maximum absolute atomic E-state index is 12.4. The van der Waals surface area contributed by atoms with Gasteiger partial charge in [-0.3, -0.25) is 0 Å². The normalized spacial score (nSPS) is 17.5. The standard InChI is InChI=1S/C15H28N2O4/c1-4-12(5-2)11-17(6-3)14(20)16-15(13(18)19)7-9-21-10-8-15/h12H,4-11H2,1-3H3,(H,16,20)(H,18,19). The van der Waals surface area contributed by atoms with Crippen molar-refractivity contribution < 1.29 is 19.4 Å². The zero-order valence-corrected chi connectivity index (χ0v) is 13.4. The van der Waals surface area contributed by atoms with E-state index in [1.165, 1.54) is 0 Å². The molecule has 1 aliphatic heterocycles. The third-order valence-electron chi connectivity index (χ3n) is 4.40. The predicted octanol–water partition coefficient (Wildman–Crippen LogP) is 2.09. The molecule has 2 N–H and O–H groups in total. The van der Waals surface area contributed by atoms with Crippen molar-refractivity contribution >= 4 is 12.0 Å². The first-order chi connectivity index (χ1) is 9.99. The van der Waals surface area contributed by atoms with Crippen molar-refractivity contribution in [3.05, 3.63) is 0 Å². The Bertz CT molecular complexity index is 350. The molecule has 0 radical (unpaired) electrons. The van der Waals surface area contributed by atoms with E-state index in [1.54, 1.807) is 4.90 Å². The average molecular weight is 300 g/mol. The zero-order chi connectivity index (χ0) is 15.9. The Labute approximate surface area is 126 Å². The summed E-state index contributed by atoms with van der Waals surface area (Å²) in [5, 5.41) is 12.2. The molecule has 1 rings (SSSR count). The first-order valence-electron chi connectivity index (χ1n) is 7.87. The fraction of sp³-hybridized carbons (Fsp3) is 0.867. The van der Waals surface area contributed by atoms with E-state index in [0.717, 1.165) is 12.8 Å². The van der Waals surface area contributed by atoms with E-state index in [4.69, 9.17) is 4.74 Å². The van der Waals surface area contributed by atoms with Crippen LogP contribution in [-0.2, 0) is 9.53 Å². The molecule has 0 aromatic carbocycles. The lowest BCUT2D eigenvalue weighted by Gasteiger charge is -2.36. The number of nitrogens with zero attached hydrogens (tertiary/aromatic N) is 1. The Hall–Kier alpha value is -1.30. The molecule has 0 saturated carbocycles. The van der Waals surface area contributed by atoms with Gasteiger partial charge in [0.15, 0.2) is 0 Å². The quantitative estimate of drug-likeness (QED) is 0.754. The van der Waals surface area contributed by atoms with E-state index in [0.29, 0.717) is 45.1 Å².